The van der Waals surface area contributed by atoms with Gasteiger partial charge in [0.05, 0.1) is 0 Å². The van der Waals surface area contributed by atoms with Crippen LogP contribution in [0.5, 0.6) is 0 Å². The van der Waals surface area contributed by atoms with Crippen LogP contribution in [0.3, 0.4) is 0 Å². The summed E-state index contributed by atoms with van der Waals surface area (Å²) in [5.41, 5.74) is 1.15. The van der Waals surface area contributed by atoms with E-state index in [0.717, 1.165) is 10.6 Å². The first-order valence-electron chi connectivity index (χ1n) is 3.85. The third-order valence-corrected chi connectivity index (χ3v) is 1.95. The fraction of sp³-hybridized carbons (Fsp3) is 0.0909. The Balaban J connectivity index is 0.000000215. The van der Waals surface area contributed by atoms with Crippen molar-refractivity contribution in [2.45, 2.75) is 6.92 Å². The second-order valence-corrected chi connectivity index (χ2v) is 2.93. The molecule has 0 N–H and O–H groups in total. The first kappa shape index (κ1) is 12.5. The quantitative estimate of drug-likeness (QED) is 0.481. The number of aryl methyl sites for hydroxylation is 1. The Bertz CT molecular complexity index is 262. The summed E-state index contributed by atoms with van der Waals surface area (Å²) < 4.78 is 0. The molecular formula is C11H11ClFe-6. The summed E-state index contributed by atoms with van der Waals surface area (Å²) >= 11 is 5.62. The van der Waals surface area contributed by atoms with Gasteiger partial charge in [-0.1, -0.05) is 11.9 Å². The summed E-state index contributed by atoms with van der Waals surface area (Å²) in [6.07, 6.45) is 0. The van der Waals surface area contributed by atoms with Crippen molar-refractivity contribution >= 4 is 11.6 Å². The molecule has 0 spiro atoms. The number of rotatable bonds is 0. The average Bonchev–Trinajstić information content (AvgIpc) is 2.67. The predicted octanol–water partition coefficient (Wildman–Crippen LogP) is 3.77. The van der Waals surface area contributed by atoms with Gasteiger partial charge in [0.15, 0.2) is 0 Å². The normalized spacial score (nSPS) is 8.15. The van der Waals surface area contributed by atoms with Crippen LogP contribution in [-0.2, 0) is 17.1 Å². The zero-order valence-corrected chi connectivity index (χ0v) is 9.21. The van der Waals surface area contributed by atoms with Gasteiger partial charge in [-0.3, -0.25) is 0 Å². The van der Waals surface area contributed by atoms with Crippen molar-refractivity contribution in [3.8, 4) is 0 Å². The molecule has 0 aliphatic heterocycles. The van der Waals surface area contributed by atoms with E-state index in [0.29, 0.717) is 0 Å². The molecule has 0 saturated heterocycles. The van der Waals surface area contributed by atoms with Crippen LogP contribution >= 0.6 is 11.6 Å². The molecule has 0 saturated carbocycles. The van der Waals surface area contributed by atoms with E-state index in [1.54, 1.807) is 0 Å². The van der Waals surface area contributed by atoms with Crippen molar-refractivity contribution in [2.24, 2.45) is 0 Å². The Morgan fingerprint density at radius 3 is 1.77 bits per heavy atom. The van der Waals surface area contributed by atoms with E-state index >= 15 is 0 Å². The molecular weight excluding hydrogens is 223 g/mol. The van der Waals surface area contributed by atoms with Gasteiger partial charge >= 0.3 is 0 Å². The van der Waals surface area contributed by atoms with Crippen LogP contribution in [0.2, 0.25) is 5.02 Å². The molecule has 2 heteroatoms. The van der Waals surface area contributed by atoms with E-state index in [2.05, 4.69) is 0 Å². The maximum Gasteiger partial charge on any atom is 0 e. The van der Waals surface area contributed by atoms with E-state index in [4.69, 9.17) is 11.6 Å². The molecule has 0 radical (unpaired) electrons. The molecule has 2 aromatic rings. The van der Waals surface area contributed by atoms with Crippen molar-refractivity contribution < 1.29 is 17.1 Å². The van der Waals surface area contributed by atoms with Crippen LogP contribution in [0.25, 0.3) is 0 Å². The molecule has 0 heterocycles. The summed E-state index contributed by atoms with van der Waals surface area (Å²) in [7, 11) is 0. The van der Waals surface area contributed by atoms with E-state index in [9.17, 15) is 0 Å². The molecule has 76 valence electrons. The zero-order valence-electron chi connectivity index (χ0n) is 7.35. The van der Waals surface area contributed by atoms with Gasteiger partial charge < -0.3 is 30.3 Å². The van der Waals surface area contributed by atoms with Crippen molar-refractivity contribution in [1.29, 1.82) is 0 Å². The molecule has 0 aliphatic carbocycles. The Labute approximate surface area is 94.7 Å². The first-order valence-corrected chi connectivity index (χ1v) is 4.23. The van der Waals surface area contributed by atoms with Gasteiger partial charge in [-0.25, -0.2) is 6.07 Å². The minimum atomic E-state index is 0. The van der Waals surface area contributed by atoms with Gasteiger partial charge in [-0.2, -0.15) is 12.1 Å². The van der Waals surface area contributed by atoms with Crippen molar-refractivity contribution in [3.63, 3.8) is 0 Å². The second kappa shape index (κ2) is 6.97. The molecule has 2 aromatic carbocycles. The van der Waals surface area contributed by atoms with Crippen molar-refractivity contribution in [2.75, 3.05) is 0 Å². The molecule has 0 bridgehead atoms. The Morgan fingerprint density at radius 2 is 1.62 bits per heavy atom. The topological polar surface area (TPSA) is 0 Å². The smallest absolute Gasteiger partial charge is 0 e. The maximum absolute atomic E-state index is 5.62. The molecule has 0 unspecified atom stereocenters. The van der Waals surface area contributed by atoms with E-state index in [1.807, 2.05) is 55.5 Å². The van der Waals surface area contributed by atoms with Crippen LogP contribution in [0.1, 0.15) is 5.56 Å². The average molecular weight is 235 g/mol. The van der Waals surface area contributed by atoms with Crippen LogP contribution in [-0.4, -0.2) is 0 Å². The molecule has 0 aromatic heterocycles. The first-order chi connectivity index (χ1) is 5.80. The second-order valence-electron chi connectivity index (χ2n) is 2.52. The Hall–Kier alpha value is -0.491. The van der Waals surface area contributed by atoms with Gasteiger partial charge in [0, 0.05) is 17.1 Å². The maximum atomic E-state index is 5.62. The van der Waals surface area contributed by atoms with Crippen LogP contribution in [0.4, 0.5) is 0 Å². The van der Waals surface area contributed by atoms with Gasteiger partial charge in [-0.15, -0.1) is 17.2 Å². The molecule has 13 heavy (non-hydrogen) atoms. The zero-order chi connectivity index (χ0) is 8.81. The van der Waals surface area contributed by atoms with Crippen LogP contribution < -0.4 is 0 Å². The minimum Gasteiger partial charge on any atom is -0.748 e. The van der Waals surface area contributed by atoms with Crippen molar-refractivity contribution in [1.82, 2.24) is 0 Å². The summed E-state index contributed by atoms with van der Waals surface area (Å²) in [5, 5.41) is 0.861. The molecule has 0 amide bonds. The van der Waals surface area contributed by atoms with Crippen LogP contribution in [0.15, 0.2) is 48.5 Å². The fourth-order valence-corrected chi connectivity index (χ4v) is 0.944. The van der Waals surface area contributed by atoms with Gasteiger partial charge in [0.25, 0.3) is 0 Å². The molecule has 2 rings (SSSR count). The molecule has 0 atom stereocenters. The Kier molecular flexibility index (Phi) is 6.70. The predicted molar refractivity (Wildman–Crippen MR) is 53.8 cm³/mol. The molecule has 0 nitrogen and oxygen atoms in total. The summed E-state index contributed by atoms with van der Waals surface area (Å²) in [5.74, 6) is 0. The standard InChI is InChI=1S/C6H6Cl.C5H5.Fe/c1-5-3-2-4-6(5)7;1-2-4-5-3-1;/h2-4H,1H3;1-5H;/q-1;-5;. The van der Waals surface area contributed by atoms with E-state index < -0.39 is 0 Å². The number of halogens is 1. The van der Waals surface area contributed by atoms with Gasteiger partial charge in [-0.05, 0) is 0 Å². The third kappa shape index (κ3) is 4.94. The fourth-order valence-electron chi connectivity index (χ4n) is 0.809. The monoisotopic (exact) mass is 234 g/mol. The van der Waals surface area contributed by atoms with Gasteiger partial charge in [0.1, 0.15) is 0 Å². The number of hydrogen-bond donors (Lipinski definition) is 0. The molecule has 0 fully saturated rings. The SMILES string of the molecule is C[c-]1cccc1Cl.[Fe].[cH-]1[cH-][cH-][cH-][cH-]1. The van der Waals surface area contributed by atoms with Crippen LogP contribution in [0, 0.1) is 6.92 Å². The summed E-state index contributed by atoms with van der Waals surface area (Å²) in [6, 6.07) is 15.8. The number of hydrogen-bond acceptors (Lipinski definition) is 0. The minimum absolute atomic E-state index is 0. The Morgan fingerprint density at radius 1 is 1.15 bits per heavy atom. The van der Waals surface area contributed by atoms with Crippen molar-refractivity contribution in [3.05, 3.63) is 59.1 Å². The largest absolute Gasteiger partial charge is 0.748 e. The summed E-state index contributed by atoms with van der Waals surface area (Å²) in [4.78, 5) is 0. The van der Waals surface area contributed by atoms with E-state index in [1.165, 1.54) is 0 Å². The summed E-state index contributed by atoms with van der Waals surface area (Å²) in [6.45, 7) is 1.99. The van der Waals surface area contributed by atoms with E-state index in [-0.39, 0.29) is 17.1 Å². The van der Waals surface area contributed by atoms with Gasteiger partial charge in [0.2, 0.25) is 0 Å². The third-order valence-electron chi connectivity index (χ3n) is 1.52. The molecule has 0 aliphatic rings.